The highest BCUT2D eigenvalue weighted by atomic mass is 16.6. The number of unbranched alkanes of at least 4 members (excludes halogenated alkanes) is 1. The van der Waals surface area contributed by atoms with E-state index in [1.54, 1.807) is 7.11 Å². The number of carbonyl (C=O) groups is 1. The van der Waals surface area contributed by atoms with Crippen LogP contribution in [0, 0.1) is 0 Å². The molecule has 0 amide bonds. The van der Waals surface area contributed by atoms with Crippen molar-refractivity contribution in [3.05, 3.63) is 0 Å². The van der Waals surface area contributed by atoms with Gasteiger partial charge in [-0.1, -0.05) is 19.8 Å². The molecule has 0 aliphatic heterocycles. The summed E-state index contributed by atoms with van der Waals surface area (Å²) in [6.07, 6.45) is 2.16. The van der Waals surface area contributed by atoms with E-state index in [4.69, 9.17) is 9.47 Å². The second-order valence-corrected chi connectivity index (χ2v) is 3.56. The largest absolute Gasteiger partial charge is 0.467 e. The summed E-state index contributed by atoms with van der Waals surface area (Å²) in [7, 11) is 2.99. The molecule has 0 saturated heterocycles. The molecule has 0 spiro atoms. The van der Waals surface area contributed by atoms with E-state index >= 15 is 0 Å². The summed E-state index contributed by atoms with van der Waals surface area (Å²) in [6, 6.07) is 0. The first-order chi connectivity index (χ1) is 7.15. The maximum Gasteiger partial charge on any atom is 0.334 e. The molecule has 15 heavy (non-hydrogen) atoms. The molecule has 2 unspecified atom stereocenters. The molecule has 0 rings (SSSR count). The van der Waals surface area contributed by atoms with Gasteiger partial charge in [0.15, 0.2) is 6.10 Å². The number of methoxy groups -OCH3 is 2. The molecule has 0 saturated carbocycles. The summed E-state index contributed by atoms with van der Waals surface area (Å²) >= 11 is 0. The van der Waals surface area contributed by atoms with Crippen molar-refractivity contribution in [1.82, 2.24) is 0 Å². The summed E-state index contributed by atoms with van der Waals surface area (Å²) in [4.78, 5) is 11.4. The number of carbonyl (C=O) groups excluding carboxylic acids is 1. The fourth-order valence-corrected chi connectivity index (χ4v) is 1.32. The van der Waals surface area contributed by atoms with Crippen LogP contribution < -0.4 is 0 Å². The van der Waals surface area contributed by atoms with Crippen molar-refractivity contribution in [3.8, 4) is 0 Å². The number of rotatable bonds is 8. The molecule has 0 N–H and O–H groups in total. The molecule has 0 aromatic rings. The quantitative estimate of drug-likeness (QED) is 0.582. The van der Waals surface area contributed by atoms with Crippen LogP contribution in [-0.2, 0) is 19.0 Å². The van der Waals surface area contributed by atoms with Gasteiger partial charge in [0.05, 0.1) is 19.8 Å². The van der Waals surface area contributed by atoms with Crippen molar-refractivity contribution in [2.75, 3.05) is 20.8 Å². The van der Waals surface area contributed by atoms with E-state index < -0.39 is 6.10 Å². The van der Waals surface area contributed by atoms with E-state index in [-0.39, 0.29) is 12.1 Å². The highest BCUT2D eigenvalue weighted by Gasteiger charge is 2.21. The molecule has 0 aliphatic rings. The molecule has 2 atom stereocenters. The van der Waals surface area contributed by atoms with Crippen LogP contribution in [0.3, 0.4) is 0 Å². The van der Waals surface area contributed by atoms with E-state index in [2.05, 4.69) is 11.7 Å². The van der Waals surface area contributed by atoms with Crippen LogP contribution >= 0.6 is 0 Å². The van der Waals surface area contributed by atoms with Gasteiger partial charge in [0.2, 0.25) is 0 Å². The number of esters is 1. The first kappa shape index (κ1) is 14.4. The number of hydrogen-bond acceptors (Lipinski definition) is 4. The van der Waals surface area contributed by atoms with E-state index in [0.717, 1.165) is 12.8 Å². The second kappa shape index (κ2) is 8.68. The van der Waals surface area contributed by atoms with Crippen LogP contribution in [0.5, 0.6) is 0 Å². The van der Waals surface area contributed by atoms with E-state index in [9.17, 15) is 4.79 Å². The van der Waals surface area contributed by atoms with Gasteiger partial charge in [0.25, 0.3) is 0 Å². The Kier molecular flexibility index (Phi) is 8.33. The maximum absolute atomic E-state index is 11.4. The Morgan fingerprint density at radius 3 is 2.47 bits per heavy atom. The molecule has 0 radical (unpaired) electrons. The Bertz CT molecular complexity index is 170. The highest BCUT2D eigenvalue weighted by Crippen LogP contribution is 2.09. The third kappa shape index (κ3) is 6.47. The van der Waals surface area contributed by atoms with Gasteiger partial charge in [0, 0.05) is 7.11 Å². The molecule has 0 aliphatic carbocycles. The van der Waals surface area contributed by atoms with Crippen molar-refractivity contribution in [3.63, 3.8) is 0 Å². The SMILES string of the molecule is CCCCC(OC(C)COC)C(=O)OC. The van der Waals surface area contributed by atoms with Crippen molar-refractivity contribution >= 4 is 5.97 Å². The summed E-state index contributed by atoms with van der Waals surface area (Å²) in [6.45, 7) is 4.44. The average molecular weight is 218 g/mol. The van der Waals surface area contributed by atoms with Crippen molar-refractivity contribution in [2.24, 2.45) is 0 Å². The Balaban J connectivity index is 4.05. The maximum atomic E-state index is 11.4. The lowest BCUT2D eigenvalue weighted by Crippen LogP contribution is -2.31. The van der Waals surface area contributed by atoms with Crippen LogP contribution in [0.1, 0.15) is 33.1 Å². The first-order valence-electron chi connectivity index (χ1n) is 5.37. The molecule has 0 heterocycles. The minimum atomic E-state index is -0.458. The molecule has 90 valence electrons. The minimum Gasteiger partial charge on any atom is -0.467 e. The lowest BCUT2D eigenvalue weighted by Gasteiger charge is -2.19. The van der Waals surface area contributed by atoms with Gasteiger partial charge in [-0.2, -0.15) is 0 Å². The zero-order chi connectivity index (χ0) is 11.7. The van der Waals surface area contributed by atoms with Crippen LogP contribution in [0.2, 0.25) is 0 Å². The van der Waals surface area contributed by atoms with Crippen molar-refractivity contribution in [2.45, 2.75) is 45.3 Å². The van der Waals surface area contributed by atoms with Crippen LogP contribution in [0.25, 0.3) is 0 Å². The molecular formula is C11H22O4. The molecule has 0 aromatic carbocycles. The molecule has 4 nitrogen and oxygen atoms in total. The molecular weight excluding hydrogens is 196 g/mol. The lowest BCUT2D eigenvalue weighted by molar-refractivity contribution is -0.159. The van der Waals surface area contributed by atoms with Gasteiger partial charge in [-0.25, -0.2) is 4.79 Å². The standard InChI is InChI=1S/C11H22O4/c1-5-6-7-10(11(12)14-4)15-9(2)8-13-3/h9-10H,5-8H2,1-4H3. The van der Waals surface area contributed by atoms with E-state index in [0.29, 0.717) is 13.0 Å². The van der Waals surface area contributed by atoms with Gasteiger partial charge in [-0.15, -0.1) is 0 Å². The number of hydrogen-bond donors (Lipinski definition) is 0. The van der Waals surface area contributed by atoms with E-state index in [1.165, 1.54) is 7.11 Å². The number of ether oxygens (including phenoxy) is 3. The van der Waals surface area contributed by atoms with Gasteiger partial charge >= 0.3 is 5.97 Å². The Morgan fingerprint density at radius 2 is 2.00 bits per heavy atom. The lowest BCUT2D eigenvalue weighted by atomic mass is 10.1. The van der Waals surface area contributed by atoms with E-state index in [1.807, 2.05) is 6.92 Å². The molecule has 0 fully saturated rings. The zero-order valence-corrected chi connectivity index (χ0v) is 10.1. The molecule has 4 heteroatoms. The van der Waals surface area contributed by atoms with Crippen molar-refractivity contribution < 1.29 is 19.0 Å². The van der Waals surface area contributed by atoms with Gasteiger partial charge in [-0.3, -0.25) is 0 Å². The predicted octanol–water partition coefficient (Wildman–Crippen LogP) is 1.77. The fourth-order valence-electron chi connectivity index (χ4n) is 1.32. The Labute approximate surface area is 91.9 Å². The zero-order valence-electron chi connectivity index (χ0n) is 10.1. The topological polar surface area (TPSA) is 44.8 Å². The smallest absolute Gasteiger partial charge is 0.334 e. The monoisotopic (exact) mass is 218 g/mol. The summed E-state index contributed by atoms with van der Waals surface area (Å²) in [5.41, 5.74) is 0. The fraction of sp³-hybridized carbons (Fsp3) is 0.909. The summed E-state index contributed by atoms with van der Waals surface area (Å²) in [5, 5.41) is 0. The Morgan fingerprint density at radius 1 is 1.33 bits per heavy atom. The van der Waals surface area contributed by atoms with Crippen molar-refractivity contribution in [1.29, 1.82) is 0 Å². The minimum absolute atomic E-state index is 0.0871. The van der Waals surface area contributed by atoms with Crippen LogP contribution in [-0.4, -0.2) is 39.0 Å². The van der Waals surface area contributed by atoms with Crippen LogP contribution in [0.4, 0.5) is 0 Å². The third-order valence-corrected chi connectivity index (χ3v) is 2.08. The average Bonchev–Trinajstić information content (AvgIpc) is 2.23. The van der Waals surface area contributed by atoms with Gasteiger partial charge in [-0.05, 0) is 13.3 Å². The van der Waals surface area contributed by atoms with Gasteiger partial charge < -0.3 is 14.2 Å². The third-order valence-electron chi connectivity index (χ3n) is 2.08. The first-order valence-corrected chi connectivity index (χ1v) is 5.37. The Hall–Kier alpha value is -0.610. The van der Waals surface area contributed by atoms with Gasteiger partial charge in [0.1, 0.15) is 0 Å². The predicted molar refractivity (Wildman–Crippen MR) is 57.8 cm³/mol. The molecule has 0 aromatic heterocycles. The normalized spacial score (nSPS) is 14.7. The molecule has 0 bridgehead atoms. The second-order valence-electron chi connectivity index (χ2n) is 3.56. The summed E-state index contributed by atoms with van der Waals surface area (Å²) < 4.78 is 15.2. The highest BCUT2D eigenvalue weighted by molar-refractivity contribution is 5.74. The van der Waals surface area contributed by atoms with Crippen LogP contribution in [0.15, 0.2) is 0 Å². The summed E-state index contributed by atoms with van der Waals surface area (Å²) in [5.74, 6) is -0.300.